The molecule has 1 aliphatic heterocycles. The molecule has 8 heteroatoms. The maximum Gasteiger partial charge on any atom is 0.331 e. The molecule has 0 radical (unpaired) electrons. The average molecular weight is 440 g/mol. The fraction of sp³-hybridized carbons (Fsp3) is 0.348. The number of methoxy groups -OCH3 is 1. The van der Waals surface area contributed by atoms with E-state index in [1.165, 1.54) is 38.7 Å². The molecule has 2 aromatic heterocycles. The van der Waals surface area contributed by atoms with E-state index >= 15 is 0 Å². The van der Waals surface area contributed by atoms with Crippen LogP contribution in [-0.4, -0.2) is 46.7 Å². The van der Waals surface area contributed by atoms with Gasteiger partial charge in [-0.25, -0.2) is 4.79 Å². The first kappa shape index (κ1) is 21.3. The first-order chi connectivity index (χ1) is 15.1. The van der Waals surface area contributed by atoms with Crippen LogP contribution in [0.2, 0.25) is 0 Å². The van der Waals surface area contributed by atoms with E-state index < -0.39 is 0 Å². The van der Waals surface area contributed by atoms with Crippen LogP contribution < -0.4 is 11.2 Å². The van der Waals surface area contributed by atoms with Gasteiger partial charge in [-0.1, -0.05) is 36.4 Å². The van der Waals surface area contributed by atoms with Crippen molar-refractivity contribution in [3.63, 3.8) is 0 Å². The Balaban J connectivity index is 1.51. The predicted octanol–water partition coefficient (Wildman–Crippen LogP) is 2.58. The Morgan fingerprint density at radius 3 is 2.58 bits per heavy atom. The van der Waals surface area contributed by atoms with E-state index in [4.69, 9.17) is 4.74 Å². The van der Waals surface area contributed by atoms with E-state index in [2.05, 4.69) is 23.1 Å². The Kier molecular flexibility index (Phi) is 6.48. The van der Waals surface area contributed by atoms with Gasteiger partial charge in [0.25, 0.3) is 5.56 Å². The van der Waals surface area contributed by atoms with Crippen molar-refractivity contribution in [2.24, 2.45) is 0 Å². The molecule has 0 aliphatic carbocycles. The van der Waals surface area contributed by atoms with Crippen LogP contribution in [0.1, 0.15) is 18.4 Å². The summed E-state index contributed by atoms with van der Waals surface area (Å²) in [6.07, 6.45) is 3.24. The molecule has 162 valence electrons. The molecule has 0 unspecified atom stereocenters. The minimum Gasteiger partial charge on any atom is -0.469 e. The number of benzene rings is 1. The van der Waals surface area contributed by atoms with Gasteiger partial charge in [0.2, 0.25) is 0 Å². The Labute approximate surface area is 183 Å². The monoisotopic (exact) mass is 439 g/mol. The summed E-state index contributed by atoms with van der Waals surface area (Å²) in [5.74, 6) is -0.387. The van der Waals surface area contributed by atoms with Gasteiger partial charge in [0.1, 0.15) is 0 Å². The first-order valence-electron chi connectivity index (χ1n) is 10.3. The molecule has 0 spiro atoms. The Bertz CT molecular complexity index is 1220. The minimum absolute atomic E-state index is 0.0821. The minimum atomic E-state index is -0.387. The van der Waals surface area contributed by atoms with Crippen molar-refractivity contribution in [3.05, 3.63) is 73.6 Å². The van der Waals surface area contributed by atoms with Gasteiger partial charge in [0.05, 0.1) is 24.4 Å². The second-order valence-corrected chi connectivity index (χ2v) is 8.28. The molecule has 0 amide bonds. The second-order valence-electron chi connectivity index (χ2n) is 7.53. The molecular weight excluding hydrogens is 414 g/mol. The molecule has 3 heterocycles. The van der Waals surface area contributed by atoms with Crippen molar-refractivity contribution < 1.29 is 9.53 Å². The number of hydrogen-bond acceptors (Lipinski definition) is 6. The average Bonchev–Trinajstić information content (AvgIpc) is 3.29. The van der Waals surface area contributed by atoms with Gasteiger partial charge < -0.3 is 4.74 Å². The highest BCUT2D eigenvalue weighted by Gasteiger charge is 2.17. The molecule has 0 N–H and O–H groups in total. The Morgan fingerprint density at radius 2 is 1.87 bits per heavy atom. The molecule has 1 aromatic carbocycles. The van der Waals surface area contributed by atoms with Crippen LogP contribution in [0.3, 0.4) is 0 Å². The molecule has 0 fully saturated rings. The standard InChI is InChI=1S/C23H25N3O4S/c1-30-21(27)9-12-25-20-16-31-15-19(20)22(28)26(23(25)29)14-13-24-10-7-18(8-11-24)17-5-3-2-4-6-17/h2-7,15-16H,8-14H2,1H3. The molecule has 3 aromatic rings. The van der Waals surface area contributed by atoms with Gasteiger partial charge in [0, 0.05) is 43.5 Å². The smallest absolute Gasteiger partial charge is 0.331 e. The lowest BCUT2D eigenvalue weighted by Crippen LogP contribution is -2.43. The van der Waals surface area contributed by atoms with Crippen LogP contribution >= 0.6 is 11.3 Å². The fourth-order valence-electron chi connectivity index (χ4n) is 3.93. The van der Waals surface area contributed by atoms with Crippen molar-refractivity contribution in [2.75, 3.05) is 26.7 Å². The Morgan fingerprint density at radius 1 is 1.06 bits per heavy atom. The third kappa shape index (κ3) is 4.55. The maximum atomic E-state index is 13.1. The lowest BCUT2D eigenvalue weighted by atomic mass is 10.00. The normalized spacial score (nSPS) is 14.5. The predicted molar refractivity (Wildman–Crippen MR) is 122 cm³/mol. The first-order valence-corrected chi connectivity index (χ1v) is 11.3. The molecule has 31 heavy (non-hydrogen) atoms. The third-order valence-electron chi connectivity index (χ3n) is 5.71. The van der Waals surface area contributed by atoms with Gasteiger partial charge in [-0.3, -0.25) is 23.6 Å². The van der Waals surface area contributed by atoms with E-state index in [1.54, 1.807) is 10.8 Å². The van der Waals surface area contributed by atoms with Gasteiger partial charge in [-0.15, -0.1) is 11.3 Å². The summed E-state index contributed by atoms with van der Waals surface area (Å²) in [5, 5.41) is 4.05. The van der Waals surface area contributed by atoms with Crippen LogP contribution in [0.4, 0.5) is 0 Å². The summed E-state index contributed by atoms with van der Waals surface area (Å²) in [7, 11) is 1.32. The number of ether oxygens (including phenoxy) is 1. The molecule has 1 aliphatic rings. The summed E-state index contributed by atoms with van der Waals surface area (Å²) in [6, 6.07) is 10.3. The number of aromatic nitrogens is 2. The lowest BCUT2D eigenvalue weighted by Gasteiger charge is -2.26. The molecule has 0 saturated heterocycles. The molecule has 0 atom stereocenters. The molecule has 4 rings (SSSR count). The summed E-state index contributed by atoms with van der Waals surface area (Å²) >= 11 is 1.38. The highest BCUT2D eigenvalue weighted by Crippen LogP contribution is 2.21. The number of thiophene rings is 1. The van der Waals surface area contributed by atoms with Crippen molar-refractivity contribution in [2.45, 2.75) is 25.9 Å². The van der Waals surface area contributed by atoms with Crippen LogP contribution in [0.15, 0.2) is 56.8 Å². The summed E-state index contributed by atoms with van der Waals surface area (Å²) < 4.78 is 7.50. The topological polar surface area (TPSA) is 73.5 Å². The molecular formula is C23H25N3O4S. The van der Waals surface area contributed by atoms with E-state index in [1.807, 2.05) is 18.2 Å². The van der Waals surface area contributed by atoms with Crippen molar-refractivity contribution in [1.82, 2.24) is 14.0 Å². The van der Waals surface area contributed by atoms with Crippen molar-refractivity contribution in [1.29, 1.82) is 0 Å². The van der Waals surface area contributed by atoms with Gasteiger partial charge in [0.15, 0.2) is 0 Å². The number of carbonyl (C=O) groups excluding carboxylic acids is 1. The number of aryl methyl sites for hydroxylation is 1. The number of rotatable bonds is 7. The van der Waals surface area contributed by atoms with Gasteiger partial charge in [-0.05, 0) is 17.6 Å². The number of nitrogens with zero attached hydrogens (tertiary/aromatic N) is 3. The number of esters is 1. The van der Waals surface area contributed by atoms with Crippen LogP contribution in [0.5, 0.6) is 0 Å². The van der Waals surface area contributed by atoms with Crippen LogP contribution in [0, 0.1) is 0 Å². The van der Waals surface area contributed by atoms with Gasteiger partial charge >= 0.3 is 11.7 Å². The quantitative estimate of drug-likeness (QED) is 0.529. The molecule has 7 nitrogen and oxygen atoms in total. The van der Waals surface area contributed by atoms with Crippen LogP contribution in [-0.2, 0) is 22.6 Å². The van der Waals surface area contributed by atoms with Crippen LogP contribution in [0.25, 0.3) is 16.5 Å². The number of fused-ring (bicyclic) bond motifs is 1. The highest BCUT2D eigenvalue weighted by atomic mass is 32.1. The molecule has 0 saturated carbocycles. The third-order valence-corrected chi connectivity index (χ3v) is 6.45. The molecule has 0 bridgehead atoms. The van der Waals surface area contributed by atoms with E-state index in [-0.39, 0.29) is 30.2 Å². The van der Waals surface area contributed by atoms with Gasteiger partial charge in [-0.2, -0.15) is 0 Å². The zero-order chi connectivity index (χ0) is 21.8. The highest BCUT2D eigenvalue weighted by molar-refractivity contribution is 7.09. The summed E-state index contributed by atoms with van der Waals surface area (Å²) in [6.45, 7) is 2.78. The SMILES string of the molecule is COC(=O)CCn1c(=O)n(CCN2CC=C(c3ccccc3)CC2)c(=O)c2cscc21. The summed E-state index contributed by atoms with van der Waals surface area (Å²) in [4.78, 5) is 39.8. The number of carbonyl (C=O) groups is 1. The van der Waals surface area contributed by atoms with Crippen molar-refractivity contribution in [3.8, 4) is 0 Å². The maximum absolute atomic E-state index is 13.1. The zero-order valence-electron chi connectivity index (χ0n) is 17.5. The Hall–Kier alpha value is -2.97. The second kappa shape index (κ2) is 9.45. The largest absolute Gasteiger partial charge is 0.469 e. The summed E-state index contributed by atoms with van der Waals surface area (Å²) in [5.41, 5.74) is 2.51. The van der Waals surface area contributed by atoms with E-state index in [0.29, 0.717) is 24.0 Å². The van der Waals surface area contributed by atoms with E-state index in [9.17, 15) is 14.4 Å². The number of hydrogen-bond donors (Lipinski definition) is 0. The van der Waals surface area contributed by atoms with E-state index in [0.717, 1.165) is 19.5 Å². The fourth-order valence-corrected chi connectivity index (χ4v) is 4.74. The zero-order valence-corrected chi connectivity index (χ0v) is 18.3. The van der Waals surface area contributed by atoms with Crippen molar-refractivity contribution >= 4 is 33.8 Å². The lowest BCUT2D eigenvalue weighted by molar-refractivity contribution is -0.140.